The van der Waals surface area contributed by atoms with Crippen molar-refractivity contribution in [3.05, 3.63) is 81.6 Å². The van der Waals surface area contributed by atoms with Crippen LogP contribution in [0, 0.1) is 11.8 Å². The number of aryl methyl sites for hydroxylation is 1. The number of benzene rings is 2. The molecular weight excluding hydrogens is 588 g/mol. The molecule has 240 valence electrons. The lowest BCUT2D eigenvalue weighted by Crippen LogP contribution is -2.50. The topological polar surface area (TPSA) is 108 Å². The summed E-state index contributed by atoms with van der Waals surface area (Å²) in [5.74, 6) is -0.344. The van der Waals surface area contributed by atoms with Crippen molar-refractivity contribution < 1.29 is 14.4 Å². The highest BCUT2D eigenvalue weighted by Gasteiger charge is 2.45. The highest BCUT2D eigenvalue weighted by Crippen LogP contribution is 2.38. The van der Waals surface area contributed by atoms with Gasteiger partial charge in [-0.3, -0.25) is 14.3 Å². The SMILES string of the molecule is CC.CC(C)C1CN(C2(C)Cc3ccc(NC(=O)C(NC(=O)c4ccnn4C)C4CCc5c(Cl)cccc5C4)cc3C2)C(=O)N1. The van der Waals surface area contributed by atoms with E-state index in [1.54, 1.807) is 19.3 Å². The van der Waals surface area contributed by atoms with Crippen molar-refractivity contribution in [2.24, 2.45) is 18.9 Å². The van der Waals surface area contributed by atoms with Crippen molar-refractivity contribution in [1.29, 1.82) is 0 Å². The predicted octanol–water partition coefficient (Wildman–Crippen LogP) is 5.55. The van der Waals surface area contributed by atoms with Gasteiger partial charge in [-0.2, -0.15) is 5.10 Å². The third kappa shape index (κ3) is 6.59. The molecule has 6 rings (SSSR count). The van der Waals surface area contributed by atoms with Crippen LogP contribution in [0.1, 0.15) is 73.8 Å². The van der Waals surface area contributed by atoms with E-state index in [9.17, 15) is 14.4 Å². The monoisotopic (exact) mass is 632 g/mol. The first-order valence-electron chi connectivity index (χ1n) is 16.1. The zero-order valence-corrected chi connectivity index (χ0v) is 27.9. The van der Waals surface area contributed by atoms with Crippen LogP contribution in [0.25, 0.3) is 0 Å². The number of halogens is 1. The van der Waals surface area contributed by atoms with E-state index in [-0.39, 0.29) is 35.3 Å². The van der Waals surface area contributed by atoms with Crippen LogP contribution in [0.15, 0.2) is 48.7 Å². The Morgan fingerprint density at radius 1 is 1.09 bits per heavy atom. The molecule has 0 saturated carbocycles. The molecule has 4 unspecified atom stereocenters. The summed E-state index contributed by atoms with van der Waals surface area (Å²) < 4.78 is 1.50. The molecule has 1 fully saturated rings. The van der Waals surface area contributed by atoms with Crippen LogP contribution in [-0.2, 0) is 37.5 Å². The summed E-state index contributed by atoms with van der Waals surface area (Å²) in [6, 6.07) is 12.9. The molecule has 1 aromatic heterocycles. The van der Waals surface area contributed by atoms with Gasteiger partial charge in [0.25, 0.3) is 5.91 Å². The first-order chi connectivity index (χ1) is 21.5. The van der Waals surface area contributed by atoms with Crippen LogP contribution in [0.2, 0.25) is 5.02 Å². The summed E-state index contributed by atoms with van der Waals surface area (Å²) in [6.45, 7) is 11.1. The highest BCUT2D eigenvalue weighted by atomic mass is 35.5. The molecule has 2 heterocycles. The number of anilines is 1. The Balaban J connectivity index is 0.00000196. The maximum atomic E-state index is 13.9. The van der Waals surface area contributed by atoms with E-state index in [0.717, 1.165) is 41.0 Å². The fourth-order valence-electron chi connectivity index (χ4n) is 7.02. The number of aromatic nitrogens is 2. The Hall–Kier alpha value is -3.85. The standard InChI is InChI=1S/C33H39ClN6O3.C2H6/c1-19(2)27-18-40(32(43)37-27)33(3)16-22-8-10-24(15-23(22)17-33)36-31(42)29(38-30(41)28-12-13-35-39(28)4)21-9-11-25-20(14-21)6-5-7-26(25)34;1-2/h5-8,10,12-13,15,19,21,27,29H,9,11,14,16-18H2,1-4H3,(H,36,42)(H,37,43)(H,38,41);1-2H3. The van der Waals surface area contributed by atoms with E-state index >= 15 is 0 Å². The molecule has 3 aromatic rings. The summed E-state index contributed by atoms with van der Waals surface area (Å²) in [7, 11) is 1.70. The minimum absolute atomic E-state index is 0.00937. The second kappa shape index (κ2) is 13.3. The van der Waals surface area contributed by atoms with Crippen molar-refractivity contribution >= 4 is 35.1 Å². The van der Waals surface area contributed by atoms with E-state index in [1.165, 1.54) is 10.2 Å². The van der Waals surface area contributed by atoms with E-state index in [2.05, 4.69) is 41.8 Å². The van der Waals surface area contributed by atoms with Crippen LogP contribution >= 0.6 is 11.6 Å². The first-order valence-corrected chi connectivity index (χ1v) is 16.5. The normalized spacial score (nSPS) is 22.6. The quantitative estimate of drug-likeness (QED) is 0.317. The van der Waals surface area contributed by atoms with Crippen molar-refractivity contribution in [2.45, 2.75) is 84.3 Å². The van der Waals surface area contributed by atoms with Gasteiger partial charge in [0, 0.05) is 36.0 Å². The Labute approximate surface area is 271 Å². The number of carbonyl (C=O) groups excluding carboxylic acids is 3. The fraction of sp³-hybridized carbons (Fsp3) is 0.486. The van der Waals surface area contributed by atoms with E-state index in [0.29, 0.717) is 36.7 Å². The lowest BCUT2D eigenvalue weighted by atomic mass is 9.79. The van der Waals surface area contributed by atoms with Gasteiger partial charge in [-0.1, -0.05) is 57.5 Å². The molecule has 3 N–H and O–H groups in total. The van der Waals surface area contributed by atoms with Crippen LogP contribution in [0.4, 0.5) is 10.5 Å². The second-order valence-electron chi connectivity index (χ2n) is 12.9. The van der Waals surface area contributed by atoms with Crippen molar-refractivity contribution in [1.82, 2.24) is 25.3 Å². The average Bonchev–Trinajstić information content (AvgIpc) is 3.73. The predicted molar refractivity (Wildman–Crippen MR) is 178 cm³/mol. The molecule has 1 saturated heterocycles. The van der Waals surface area contributed by atoms with Crippen molar-refractivity contribution in [3.8, 4) is 0 Å². The maximum Gasteiger partial charge on any atom is 0.318 e. The lowest BCUT2D eigenvalue weighted by molar-refractivity contribution is -0.119. The number of nitrogens with one attached hydrogen (secondary N) is 3. The summed E-state index contributed by atoms with van der Waals surface area (Å²) >= 11 is 6.46. The molecule has 0 bridgehead atoms. The van der Waals surface area contributed by atoms with Gasteiger partial charge < -0.3 is 20.9 Å². The second-order valence-corrected chi connectivity index (χ2v) is 13.3. The minimum Gasteiger partial charge on any atom is -0.339 e. The molecule has 2 aliphatic carbocycles. The van der Waals surface area contributed by atoms with Crippen LogP contribution < -0.4 is 16.0 Å². The number of nitrogens with zero attached hydrogens (tertiary/aromatic N) is 3. The minimum atomic E-state index is -0.755. The largest absolute Gasteiger partial charge is 0.339 e. The Morgan fingerprint density at radius 3 is 2.53 bits per heavy atom. The number of urea groups is 1. The van der Waals surface area contributed by atoms with Crippen molar-refractivity contribution in [2.75, 3.05) is 11.9 Å². The maximum absolute atomic E-state index is 13.9. The highest BCUT2D eigenvalue weighted by molar-refractivity contribution is 6.31. The van der Waals surface area contributed by atoms with Gasteiger partial charge in [0.1, 0.15) is 11.7 Å². The van der Waals surface area contributed by atoms with Crippen LogP contribution in [0.3, 0.4) is 0 Å². The van der Waals surface area contributed by atoms with Crippen LogP contribution in [0.5, 0.6) is 0 Å². The molecule has 10 heteroatoms. The molecule has 0 spiro atoms. The molecule has 45 heavy (non-hydrogen) atoms. The molecule has 3 aliphatic rings. The summed E-state index contributed by atoms with van der Waals surface area (Å²) in [4.78, 5) is 42.0. The van der Waals surface area contributed by atoms with Gasteiger partial charge in [0.15, 0.2) is 0 Å². The van der Waals surface area contributed by atoms with E-state index in [4.69, 9.17) is 11.6 Å². The van der Waals surface area contributed by atoms with E-state index < -0.39 is 6.04 Å². The lowest BCUT2D eigenvalue weighted by Gasteiger charge is -2.34. The Kier molecular flexibility index (Phi) is 9.58. The Morgan fingerprint density at radius 2 is 1.84 bits per heavy atom. The molecule has 1 aliphatic heterocycles. The van der Waals surface area contributed by atoms with Crippen molar-refractivity contribution in [3.63, 3.8) is 0 Å². The Bertz CT molecular complexity index is 1590. The van der Waals surface area contributed by atoms with Gasteiger partial charge >= 0.3 is 6.03 Å². The molecule has 0 radical (unpaired) electrons. The number of amides is 4. The zero-order valence-electron chi connectivity index (χ0n) is 27.1. The summed E-state index contributed by atoms with van der Waals surface area (Å²) in [6.07, 6.45) is 5.14. The smallest absolute Gasteiger partial charge is 0.318 e. The fourth-order valence-corrected chi connectivity index (χ4v) is 7.31. The average molecular weight is 633 g/mol. The molecule has 9 nitrogen and oxygen atoms in total. The van der Waals surface area contributed by atoms with Gasteiger partial charge in [0.2, 0.25) is 5.91 Å². The number of hydrogen-bond acceptors (Lipinski definition) is 4. The molecule has 2 aromatic carbocycles. The number of rotatable bonds is 7. The zero-order chi connectivity index (χ0) is 32.5. The molecule has 4 amide bonds. The van der Waals surface area contributed by atoms with Gasteiger partial charge in [-0.15, -0.1) is 0 Å². The first kappa shape index (κ1) is 32.5. The molecular formula is C35H45ClN6O3. The number of hydrogen-bond donors (Lipinski definition) is 3. The van der Waals surface area contributed by atoms with Gasteiger partial charge in [-0.25, -0.2) is 4.79 Å². The number of carbonyl (C=O) groups is 3. The summed E-state index contributed by atoms with van der Waals surface area (Å²) in [5.41, 5.74) is 5.28. The third-order valence-electron chi connectivity index (χ3n) is 9.56. The van der Waals surface area contributed by atoms with Crippen LogP contribution in [-0.4, -0.2) is 56.7 Å². The summed E-state index contributed by atoms with van der Waals surface area (Å²) in [5, 5.41) is 14.1. The molecule has 4 atom stereocenters. The van der Waals surface area contributed by atoms with Gasteiger partial charge in [0.05, 0.1) is 6.04 Å². The van der Waals surface area contributed by atoms with Gasteiger partial charge in [-0.05, 0) is 97.4 Å². The number of fused-ring (bicyclic) bond motifs is 2. The third-order valence-corrected chi connectivity index (χ3v) is 9.92. The van der Waals surface area contributed by atoms with E-state index in [1.807, 2.05) is 55.1 Å².